The summed E-state index contributed by atoms with van der Waals surface area (Å²) in [5, 5.41) is 0. The Morgan fingerprint density at radius 3 is 1.65 bits per heavy atom. The molecule has 0 aromatic heterocycles. The minimum absolute atomic E-state index is 0.782. The van der Waals surface area contributed by atoms with E-state index in [-0.39, 0.29) is 0 Å². The Kier molecular flexibility index (Phi) is 11.3. The molecule has 176 valence electrons. The van der Waals surface area contributed by atoms with Crippen molar-refractivity contribution in [3.63, 3.8) is 0 Å². The second kappa shape index (κ2) is 14.2. The van der Waals surface area contributed by atoms with Gasteiger partial charge in [-0.1, -0.05) is 103 Å². The van der Waals surface area contributed by atoms with E-state index in [0.717, 1.165) is 29.4 Å². The average molecular weight is 426 g/mol. The fourth-order valence-corrected chi connectivity index (χ4v) is 6.56. The first-order valence-corrected chi connectivity index (χ1v) is 14.1. The number of anilines is 1. The summed E-state index contributed by atoms with van der Waals surface area (Å²) in [7, 11) is 0. The summed E-state index contributed by atoms with van der Waals surface area (Å²) in [5.74, 6) is 3.89. The first kappa shape index (κ1) is 24.7. The Morgan fingerprint density at radius 2 is 1.10 bits per heavy atom. The van der Waals surface area contributed by atoms with Crippen LogP contribution in [0.4, 0.5) is 5.69 Å². The monoisotopic (exact) mass is 425 g/mol. The lowest BCUT2D eigenvalue weighted by Crippen LogP contribution is -2.25. The normalized spacial score (nSPS) is 26.7. The molecular weight excluding hydrogens is 374 g/mol. The van der Waals surface area contributed by atoms with Crippen LogP contribution in [0.15, 0.2) is 24.3 Å². The summed E-state index contributed by atoms with van der Waals surface area (Å²) >= 11 is 0. The molecule has 1 nitrogen and oxygen atoms in total. The Morgan fingerprint density at radius 1 is 0.613 bits per heavy atom. The first-order chi connectivity index (χ1) is 15.3. The third-order valence-electron chi connectivity index (χ3n) is 8.70. The molecule has 0 unspecified atom stereocenters. The van der Waals surface area contributed by atoms with Gasteiger partial charge in [-0.15, -0.1) is 0 Å². The molecule has 2 aliphatic carbocycles. The molecule has 0 saturated heterocycles. The minimum Gasteiger partial charge on any atom is -0.399 e. The zero-order chi connectivity index (χ0) is 21.7. The van der Waals surface area contributed by atoms with Crippen molar-refractivity contribution in [3.05, 3.63) is 29.8 Å². The highest BCUT2D eigenvalue weighted by Gasteiger charge is 2.31. The van der Waals surface area contributed by atoms with Crippen LogP contribution >= 0.6 is 0 Å². The van der Waals surface area contributed by atoms with Crippen molar-refractivity contribution in [1.29, 1.82) is 0 Å². The Balaban J connectivity index is 1.20. The summed E-state index contributed by atoms with van der Waals surface area (Å²) in [6.07, 6.45) is 28.0. The number of hydrogen-bond donors (Lipinski definition) is 1. The van der Waals surface area contributed by atoms with Crippen LogP contribution in [0, 0.1) is 17.8 Å². The van der Waals surface area contributed by atoms with Crippen LogP contribution in [-0.4, -0.2) is 0 Å². The van der Waals surface area contributed by atoms with Crippen LogP contribution in [-0.2, 0) is 0 Å². The second-order valence-electron chi connectivity index (χ2n) is 11.0. The Labute approximate surface area is 194 Å². The van der Waals surface area contributed by atoms with Gasteiger partial charge in [-0.2, -0.15) is 0 Å². The first-order valence-electron chi connectivity index (χ1n) is 14.1. The highest BCUT2D eigenvalue weighted by molar-refractivity contribution is 5.40. The smallest absolute Gasteiger partial charge is 0.0314 e. The second-order valence-corrected chi connectivity index (χ2v) is 11.0. The van der Waals surface area contributed by atoms with Crippen molar-refractivity contribution in [2.75, 3.05) is 5.73 Å². The van der Waals surface area contributed by atoms with E-state index >= 15 is 0 Å². The van der Waals surface area contributed by atoms with Gasteiger partial charge in [0.2, 0.25) is 0 Å². The van der Waals surface area contributed by atoms with Gasteiger partial charge >= 0.3 is 0 Å². The number of nitrogens with two attached hydrogens (primary N) is 1. The molecule has 0 atom stereocenters. The van der Waals surface area contributed by atoms with Crippen molar-refractivity contribution >= 4 is 5.69 Å². The summed E-state index contributed by atoms with van der Waals surface area (Å²) in [4.78, 5) is 0. The summed E-state index contributed by atoms with van der Waals surface area (Å²) < 4.78 is 0. The van der Waals surface area contributed by atoms with Crippen molar-refractivity contribution < 1.29 is 0 Å². The fourth-order valence-electron chi connectivity index (χ4n) is 6.56. The number of nitrogen functional groups attached to an aromatic ring is 1. The van der Waals surface area contributed by atoms with Crippen LogP contribution < -0.4 is 5.73 Å². The summed E-state index contributed by atoms with van der Waals surface area (Å²) in [6.45, 7) is 2.31. The average Bonchev–Trinajstić information content (AvgIpc) is 2.81. The molecule has 0 spiro atoms. The standard InChI is InChI=1S/C30H51N/c1-2-3-4-5-6-7-8-9-10-11-12-25-13-15-26(16-14-25)27-17-19-28(20-18-27)29-21-23-30(31)24-22-29/h21-28H,2-20,31H2,1H3/t25?,26?,27-,28-. The third-order valence-corrected chi connectivity index (χ3v) is 8.70. The molecule has 2 fully saturated rings. The molecular formula is C30H51N. The quantitative estimate of drug-likeness (QED) is 0.247. The fraction of sp³-hybridized carbons (Fsp3) is 0.800. The molecule has 0 bridgehead atoms. The molecule has 0 heterocycles. The van der Waals surface area contributed by atoms with Gasteiger partial charge in [-0.25, -0.2) is 0 Å². The van der Waals surface area contributed by atoms with E-state index < -0.39 is 0 Å². The van der Waals surface area contributed by atoms with E-state index in [1.165, 1.54) is 128 Å². The van der Waals surface area contributed by atoms with Crippen molar-refractivity contribution in [3.8, 4) is 0 Å². The molecule has 0 radical (unpaired) electrons. The van der Waals surface area contributed by atoms with E-state index in [9.17, 15) is 0 Å². The largest absolute Gasteiger partial charge is 0.399 e. The molecule has 2 aliphatic rings. The number of unbranched alkanes of at least 4 members (excludes halogenated alkanes) is 9. The lowest BCUT2D eigenvalue weighted by atomic mass is 9.68. The maximum Gasteiger partial charge on any atom is 0.0314 e. The predicted molar refractivity (Wildman–Crippen MR) is 137 cm³/mol. The van der Waals surface area contributed by atoms with Crippen molar-refractivity contribution in [2.24, 2.45) is 17.8 Å². The number of benzene rings is 1. The predicted octanol–water partition coefficient (Wildman–Crippen LogP) is 9.66. The lowest BCUT2D eigenvalue weighted by molar-refractivity contribution is 0.155. The molecule has 1 aromatic carbocycles. The highest BCUT2D eigenvalue weighted by Crippen LogP contribution is 2.44. The third kappa shape index (κ3) is 8.82. The molecule has 0 amide bonds. The van der Waals surface area contributed by atoms with E-state index in [1.54, 1.807) is 0 Å². The maximum atomic E-state index is 5.86. The van der Waals surface area contributed by atoms with Gasteiger partial charge in [-0.05, 0) is 79.9 Å². The topological polar surface area (TPSA) is 26.0 Å². The van der Waals surface area contributed by atoms with Gasteiger partial charge in [0.05, 0.1) is 0 Å². The van der Waals surface area contributed by atoms with Crippen LogP contribution in [0.2, 0.25) is 0 Å². The molecule has 0 aliphatic heterocycles. The number of hydrogen-bond acceptors (Lipinski definition) is 1. The van der Waals surface area contributed by atoms with E-state index in [4.69, 9.17) is 5.73 Å². The number of rotatable bonds is 13. The zero-order valence-electron chi connectivity index (χ0n) is 20.6. The summed E-state index contributed by atoms with van der Waals surface area (Å²) in [6, 6.07) is 8.69. The van der Waals surface area contributed by atoms with Crippen LogP contribution in [0.5, 0.6) is 0 Å². The van der Waals surface area contributed by atoms with Gasteiger partial charge < -0.3 is 5.73 Å². The highest BCUT2D eigenvalue weighted by atomic mass is 14.5. The minimum atomic E-state index is 0.782. The molecule has 2 saturated carbocycles. The summed E-state index contributed by atoms with van der Waals surface area (Å²) in [5.41, 5.74) is 8.28. The SMILES string of the molecule is CCCCCCCCCCCCC1CCC([C@H]2CC[C@H](c3ccc(N)cc3)CC2)CC1. The Bertz CT molecular complexity index is 561. The van der Waals surface area contributed by atoms with Crippen LogP contribution in [0.1, 0.15) is 140 Å². The van der Waals surface area contributed by atoms with Crippen molar-refractivity contribution in [1.82, 2.24) is 0 Å². The maximum absolute atomic E-state index is 5.86. The van der Waals surface area contributed by atoms with Gasteiger partial charge in [0, 0.05) is 5.69 Å². The lowest BCUT2D eigenvalue weighted by Gasteiger charge is -2.38. The molecule has 31 heavy (non-hydrogen) atoms. The van der Waals surface area contributed by atoms with E-state index in [0.29, 0.717) is 0 Å². The van der Waals surface area contributed by atoms with Gasteiger partial charge in [0.1, 0.15) is 0 Å². The van der Waals surface area contributed by atoms with Crippen LogP contribution in [0.25, 0.3) is 0 Å². The van der Waals surface area contributed by atoms with Crippen molar-refractivity contribution in [2.45, 2.75) is 135 Å². The van der Waals surface area contributed by atoms with E-state index in [2.05, 4.69) is 31.2 Å². The molecule has 1 aromatic rings. The molecule has 3 rings (SSSR count). The molecule has 2 N–H and O–H groups in total. The van der Waals surface area contributed by atoms with E-state index in [1.807, 2.05) is 0 Å². The van der Waals surface area contributed by atoms with Gasteiger partial charge in [-0.3, -0.25) is 0 Å². The van der Waals surface area contributed by atoms with Gasteiger partial charge in [0.25, 0.3) is 0 Å². The molecule has 1 heteroatoms. The zero-order valence-corrected chi connectivity index (χ0v) is 20.6. The Hall–Kier alpha value is -0.980. The van der Waals surface area contributed by atoms with Crippen LogP contribution in [0.3, 0.4) is 0 Å². The van der Waals surface area contributed by atoms with Gasteiger partial charge in [0.15, 0.2) is 0 Å².